The number of esters is 1. The largest absolute Gasteiger partial charge is 0.481 e. The molecular weight excluding hydrogens is 571 g/mol. The molecule has 6 N–H and O–H groups in total. The lowest BCUT2D eigenvalue weighted by Crippen LogP contribution is -2.46. The molecule has 1 aromatic rings. The highest BCUT2D eigenvalue weighted by Crippen LogP contribution is 2.21. The van der Waals surface area contributed by atoms with Gasteiger partial charge in [0.2, 0.25) is 11.8 Å². The number of halogens is 2. The van der Waals surface area contributed by atoms with Gasteiger partial charge in [0.1, 0.15) is 18.8 Å². The summed E-state index contributed by atoms with van der Waals surface area (Å²) in [6, 6.07) is 1.69. The van der Waals surface area contributed by atoms with Crippen LogP contribution in [0.2, 0.25) is 0 Å². The Balaban J connectivity index is 2.62. The number of nitro groups is 1. The fourth-order valence-corrected chi connectivity index (χ4v) is 2.97. The molecule has 214 valence electrons. The number of amides is 3. The molecule has 0 heterocycles. The van der Waals surface area contributed by atoms with Gasteiger partial charge in [-0.3, -0.25) is 34.1 Å². The smallest absolute Gasteiger partial charge is 0.326 e. The number of non-ortho nitro benzene ring substituents is 1. The average molecular weight is 595 g/mol. The Morgan fingerprint density at radius 1 is 0.974 bits per heavy atom. The van der Waals surface area contributed by atoms with Crippen molar-refractivity contribution in [1.29, 1.82) is 0 Å². The van der Waals surface area contributed by atoms with Crippen molar-refractivity contribution in [1.82, 2.24) is 16.0 Å². The molecule has 18 heteroatoms. The first-order valence-corrected chi connectivity index (χ1v) is 11.8. The van der Waals surface area contributed by atoms with E-state index in [0.29, 0.717) is 0 Å². The Kier molecular flexibility index (Phi) is 13.6. The van der Waals surface area contributed by atoms with E-state index in [1.807, 2.05) is 5.32 Å². The predicted molar refractivity (Wildman–Crippen MR) is 131 cm³/mol. The Morgan fingerprint density at radius 2 is 1.59 bits per heavy atom. The summed E-state index contributed by atoms with van der Waals surface area (Å²) in [6.45, 7) is -1.29. The summed E-state index contributed by atoms with van der Waals surface area (Å²) < 4.78 is 4.99. The van der Waals surface area contributed by atoms with Crippen LogP contribution in [0.5, 0.6) is 0 Å². The van der Waals surface area contributed by atoms with Crippen LogP contribution in [0.15, 0.2) is 24.3 Å². The topological polar surface area (TPSA) is 252 Å². The van der Waals surface area contributed by atoms with Gasteiger partial charge in [-0.15, -0.1) is 0 Å². The number of carboxylic acids is 2. The van der Waals surface area contributed by atoms with Gasteiger partial charge >= 0.3 is 17.9 Å². The molecule has 16 nitrogen and oxygen atoms in total. The molecule has 39 heavy (non-hydrogen) atoms. The summed E-state index contributed by atoms with van der Waals surface area (Å²) in [4.78, 5) is 77.9. The van der Waals surface area contributed by atoms with E-state index in [0.717, 1.165) is 12.1 Å². The van der Waals surface area contributed by atoms with Gasteiger partial charge in [0.05, 0.1) is 30.4 Å². The van der Waals surface area contributed by atoms with Crippen LogP contribution >= 0.6 is 23.2 Å². The van der Waals surface area contributed by atoms with Gasteiger partial charge in [-0.2, -0.15) is 0 Å². The van der Waals surface area contributed by atoms with E-state index in [-0.39, 0.29) is 11.3 Å². The van der Waals surface area contributed by atoms with Crippen LogP contribution < -0.4 is 16.0 Å². The van der Waals surface area contributed by atoms with Crippen molar-refractivity contribution < 1.29 is 53.7 Å². The maximum Gasteiger partial charge on any atom is 0.326 e. The first-order valence-electron chi connectivity index (χ1n) is 10.9. The summed E-state index contributed by atoms with van der Waals surface area (Å²) in [6.07, 6.45) is -3.34. The van der Waals surface area contributed by atoms with Crippen LogP contribution in [0, 0.1) is 10.1 Å². The van der Waals surface area contributed by atoms with Gasteiger partial charge in [0.25, 0.3) is 11.6 Å². The molecule has 0 radical (unpaired) electrons. The number of hydrogen-bond acceptors (Lipinski definition) is 10. The minimum Gasteiger partial charge on any atom is -0.481 e. The maximum absolute atomic E-state index is 12.1. The fraction of sp³-hybridized carbons (Fsp3) is 0.429. The number of ether oxygens (including phenoxy) is 1. The number of aliphatic carboxylic acids is 2. The zero-order chi connectivity index (χ0) is 29.7. The maximum atomic E-state index is 12.1. The summed E-state index contributed by atoms with van der Waals surface area (Å²) in [5, 5.41) is 45.3. The molecular formula is C21H24Cl2N4O12. The van der Waals surface area contributed by atoms with E-state index >= 15 is 0 Å². The van der Waals surface area contributed by atoms with Gasteiger partial charge in [0, 0.05) is 18.6 Å². The van der Waals surface area contributed by atoms with Gasteiger partial charge in [-0.1, -0.05) is 23.2 Å². The van der Waals surface area contributed by atoms with Crippen molar-refractivity contribution in [2.24, 2.45) is 0 Å². The lowest BCUT2D eigenvalue weighted by molar-refractivity contribution is -0.384. The molecule has 0 fully saturated rings. The van der Waals surface area contributed by atoms with E-state index in [2.05, 4.69) is 10.6 Å². The molecule has 1 aromatic carbocycles. The van der Waals surface area contributed by atoms with Crippen LogP contribution in [0.4, 0.5) is 5.69 Å². The van der Waals surface area contributed by atoms with Gasteiger partial charge in [-0.05, 0) is 17.7 Å². The number of aliphatic hydroxyl groups excluding tert-OH is 1. The lowest BCUT2D eigenvalue weighted by Gasteiger charge is -2.24. The standard InChI is InChI=1S/C21H24Cl2N4O12/c22-19(23)20(34)26-13(18(33)10-1-3-11(4-2-10)27(37)38)9-39-17(32)6-5-14(28)24-8-15(29)25-12(21(35)36)7-16(30)31/h1-4,12-13,18-19,33H,5-9H2,(H,24,28)(H,25,29)(H,26,34)(H,30,31)(H,35,36)/t12-,13+,18+/m0/s1. The number of aliphatic hydroxyl groups is 1. The number of carboxylic acid groups (broad SMARTS) is 2. The van der Waals surface area contributed by atoms with Crippen LogP contribution in [0.25, 0.3) is 0 Å². The summed E-state index contributed by atoms with van der Waals surface area (Å²) in [5.41, 5.74) is -0.119. The second kappa shape index (κ2) is 16.1. The van der Waals surface area contributed by atoms with Crippen molar-refractivity contribution in [2.45, 2.75) is 42.3 Å². The second-order valence-electron chi connectivity index (χ2n) is 7.73. The first-order chi connectivity index (χ1) is 18.2. The van der Waals surface area contributed by atoms with E-state index in [4.69, 9.17) is 38.2 Å². The number of alkyl halides is 2. The monoisotopic (exact) mass is 594 g/mol. The Labute approximate surface area is 229 Å². The molecule has 3 atom stereocenters. The Hall–Kier alpha value is -4.02. The van der Waals surface area contributed by atoms with Gasteiger partial charge in [0.15, 0.2) is 4.84 Å². The number of nitrogens with zero attached hydrogens (tertiary/aromatic N) is 1. The molecule has 0 spiro atoms. The van der Waals surface area contributed by atoms with Crippen LogP contribution in [0.1, 0.15) is 30.9 Å². The number of rotatable bonds is 16. The fourth-order valence-electron chi connectivity index (χ4n) is 2.84. The predicted octanol–water partition coefficient (Wildman–Crippen LogP) is -0.600. The molecule has 1 rings (SSSR count). The third kappa shape index (κ3) is 12.4. The molecule has 0 bridgehead atoms. The van der Waals surface area contributed by atoms with Crippen molar-refractivity contribution in [3.63, 3.8) is 0 Å². The highest BCUT2D eigenvalue weighted by atomic mass is 35.5. The number of hydrogen-bond donors (Lipinski definition) is 6. The van der Waals surface area contributed by atoms with Crippen LogP contribution in [-0.2, 0) is 33.5 Å². The van der Waals surface area contributed by atoms with E-state index in [1.165, 1.54) is 12.1 Å². The lowest BCUT2D eigenvalue weighted by atomic mass is 10.0. The zero-order valence-electron chi connectivity index (χ0n) is 19.9. The number of benzene rings is 1. The van der Waals surface area contributed by atoms with E-state index in [1.54, 1.807) is 0 Å². The van der Waals surface area contributed by atoms with Crippen molar-refractivity contribution in [3.8, 4) is 0 Å². The summed E-state index contributed by atoms with van der Waals surface area (Å²) >= 11 is 11.0. The number of carbonyl (C=O) groups excluding carboxylic acids is 4. The Morgan fingerprint density at radius 3 is 2.10 bits per heavy atom. The second-order valence-corrected chi connectivity index (χ2v) is 8.82. The molecule has 0 aromatic heterocycles. The van der Waals surface area contributed by atoms with Gasteiger partial charge < -0.3 is 36.0 Å². The minimum absolute atomic E-state index is 0.133. The average Bonchev–Trinajstić information content (AvgIpc) is 2.87. The SMILES string of the molecule is O=C(O)C[C@H](NC(=O)CNC(=O)CCC(=O)OC[C@@H](NC(=O)C(Cl)Cl)[C@H](O)c1ccc([N+](=O)[O-])cc1)C(=O)O. The molecule has 0 unspecified atom stereocenters. The molecule has 0 aliphatic heterocycles. The number of nitrogens with one attached hydrogen (secondary N) is 3. The van der Waals surface area contributed by atoms with Gasteiger partial charge in [-0.25, -0.2) is 4.79 Å². The van der Waals surface area contributed by atoms with E-state index in [9.17, 15) is 44.0 Å². The molecule has 0 aliphatic rings. The highest BCUT2D eigenvalue weighted by molar-refractivity contribution is 6.53. The van der Waals surface area contributed by atoms with Crippen molar-refractivity contribution >= 4 is 64.5 Å². The zero-order valence-corrected chi connectivity index (χ0v) is 21.4. The first kappa shape index (κ1) is 33.0. The molecule has 0 aliphatic carbocycles. The normalized spacial score (nSPS) is 12.9. The summed E-state index contributed by atoms with van der Waals surface area (Å²) in [7, 11) is 0. The Bertz CT molecular complexity index is 1080. The van der Waals surface area contributed by atoms with Crippen molar-refractivity contribution in [2.75, 3.05) is 13.2 Å². The van der Waals surface area contributed by atoms with E-state index < -0.39 is 96.0 Å². The molecule has 0 saturated heterocycles. The summed E-state index contributed by atoms with van der Waals surface area (Å²) in [5.74, 6) is -6.68. The van der Waals surface area contributed by atoms with Crippen molar-refractivity contribution in [3.05, 3.63) is 39.9 Å². The number of carbonyl (C=O) groups is 6. The molecule has 0 saturated carbocycles. The number of nitro benzene ring substituents is 1. The quantitative estimate of drug-likeness (QED) is 0.0607. The minimum atomic E-state index is -1.70. The highest BCUT2D eigenvalue weighted by Gasteiger charge is 2.27. The van der Waals surface area contributed by atoms with Crippen LogP contribution in [0.3, 0.4) is 0 Å². The third-order valence-corrected chi connectivity index (χ3v) is 5.19. The molecule has 3 amide bonds. The third-order valence-electron chi connectivity index (χ3n) is 4.79. The van der Waals surface area contributed by atoms with Crippen LogP contribution in [-0.4, -0.2) is 85.9 Å².